The van der Waals surface area contributed by atoms with Crippen LogP contribution in [0.25, 0.3) is 0 Å². The van der Waals surface area contributed by atoms with Crippen LogP contribution in [-0.2, 0) is 23.8 Å². The Kier molecular flexibility index (Phi) is 7.42. The second-order valence-electron chi connectivity index (χ2n) is 7.47. The molecule has 0 radical (unpaired) electrons. The van der Waals surface area contributed by atoms with Crippen LogP contribution in [0.15, 0.2) is 60.7 Å². The summed E-state index contributed by atoms with van der Waals surface area (Å²) >= 11 is 0. The predicted molar refractivity (Wildman–Crippen MR) is 109 cm³/mol. The SMILES string of the molecule is COC(=O)CC(C[C@@H]1C[C@H](c2ccccc2)C[C@@H](c2ccccc2)O1)C(=O)OC. The summed E-state index contributed by atoms with van der Waals surface area (Å²) < 4.78 is 16.1. The van der Waals surface area contributed by atoms with Crippen LogP contribution in [-0.4, -0.2) is 32.3 Å². The van der Waals surface area contributed by atoms with Gasteiger partial charge in [0.1, 0.15) is 0 Å². The van der Waals surface area contributed by atoms with Gasteiger partial charge in [0.15, 0.2) is 0 Å². The van der Waals surface area contributed by atoms with Gasteiger partial charge in [-0.1, -0.05) is 60.7 Å². The Morgan fingerprint density at radius 1 is 0.931 bits per heavy atom. The fourth-order valence-electron chi connectivity index (χ4n) is 4.08. The molecule has 0 N–H and O–H groups in total. The van der Waals surface area contributed by atoms with E-state index in [1.54, 1.807) is 0 Å². The third kappa shape index (κ3) is 5.67. The van der Waals surface area contributed by atoms with Crippen molar-refractivity contribution >= 4 is 11.9 Å². The van der Waals surface area contributed by atoms with Gasteiger partial charge in [0, 0.05) is 0 Å². The number of hydrogen-bond donors (Lipinski definition) is 0. The van der Waals surface area contributed by atoms with Crippen LogP contribution in [0, 0.1) is 5.92 Å². The van der Waals surface area contributed by atoms with Crippen LogP contribution in [0.2, 0.25) is 0 Å². The predicted octanol–water partition coefficient (Wildman–Crippen LogP) is 4.43. The van der Waals surface area contributed by atoms with Crippen molar-refractivity contribution in [3.8, 4) is 0 Å². The maximum atomic E-state index is 12.3. The highest BCUT2D eigenvalue weighted by atomic mass is 16.5. The molecule has 29 heavy (non-hydrogen) atoms. The van der Waals surface area contributed by atoms with Crippen molar-refractivity contribution in [1.29, 1.82) is 0 Å². The molecule has 1 aliphatic heterocycles. The van der Waals surface area contributed by atoms with Crippen molar-refractivity contribution in [3.05, 3.63) is 71.8 Å². The molecule has 2 aromatic rings. The molecule has 3 rings (SSSR count). The fraction of sp³-hybridized carbons (Fsp3) is 0.417. The van der Waals surface area contributed by atoms with Gasteiger partial charge >= 0.3 is 11.9 Å². The minimum Gasteiger partial charge on any atom is -0.469 e. The lowest BCUT2D eigenvalue weighted by Crippen LogP contribution is -2.32. The van der Waals surface area contributed by atoms with Gasteiger partial charge in [0.05, 0.1) is 38.8 Å². The van der Waals surface area contributed by atoms with E-state index >= 15 is 0 Å². The van der Waals surface area contributed by atoms with Crippen molar-refractivity contribution < 1.29 is 23.8 Å². The summed E-state index contributed by atoms with van der Waals surface area (Å²) in [5, 5.41) is 0. The van der Waals surface area contributed by atoms with Crippen LogP contribution in [0.3, 0.4) is 0 Å². The second kappa shape index (κ2) is 10.2. The molecule has 0 amide bonds. The number of esters is 2. The first-order valence-corrected chi connectivity index (χ1v) is 10.0. The van der Waals surface area contributed by atoms with Gasteiger partial charge in [0.25, 0.3) is 0 Å². The molecule has 0 aliphatic carbocycles. The van der Waals surface area contributed by atoms with Gasteiger partial charge < -0.3 is 14.2 Å². The van der Waals surface area contributed by atoms with E-state index in [0.717, 1.165) is 18.4 Å². The smallest absolute Gasteiger partial charge is 0.309 e. The van der Waals surface area contributed by atoms with Crippen LogP contribution in [0.4, 0.5) is 0 Å². The Bertz CT molecular complexity index is 742. The summed E-state index contributed by atoms with van der Waals surface area (Å²) in [6, 6.07) is 20.5. The molecular weight excluding hydrogens is 368 g/mol. The molecule has 5 nitrogen and oxygen atoms in total. The third-order valence-electron chi connectivity index (χ3n) is 5.57. The van der Waals surface area contributed by atoms with Gasteiger partial charge in [-0.3, -0.25) is 9.59 Å². The van der Waals surface area contributed by atoms with E-state index in [4.69, 9.17) is 14.2 Å². The van der Waals surface area contributed by atoms with E-state index in [9.17, 15) is 9.59 Å². The Balaban J connectivity index is 1.81. The normalized spacial score (nSPS) is 22.5. The summed E-state index contributed by atoms with van der Waals surface area (Å²) in [7, 11) is 2.67. The Labute approximate surface area is 172 Å². The first kappa shape index (κ1) is 21.1. The van der Waals surface area contributed by atoms with E-state index in [0.29, 0.717) is 12.3 Å². The van der Waals surface area contributed by atoms with Crippen LogP contribution >= 0.6 is 0 Å². The number of methoxy groups -OCH3 is 2. The average Bonchev–Trinajstić information content (AvgIpc) is 2.79. The fourth-order valence-corrected chi connectivity index (χ4v) is 4.08. The zero-order valence-electron chi connectivity index (χ0n) is 17.0. The number of carbonyl (C=O) groups is 2. The number of rotatable bonds is 7. The topological polar surface area (TPSA) is 61.8 Å². The lowest BCUT2D eigenvalue weighted by Gasteiger charge is -2.37. The number of ether oxygens (including phenoxy) is 3. The molecule has 154 valence electrons. The monoisotopic (exact) mass is 396 g/mol. The van der Waals surface area contributed by atoms with Crippen molar-refractivity contribution in [3.63, 3.8) is 0 Å². The average molecular weight is 396 g/mol. The molecule has 4 atom stereocenters. The Morgan fingerprint density at radius 2 is 1.55 bits per heavy atom. The quantitative estimate of drug-likeness (QED) is 0.648. The summed E-state index contributed by atoms with van der Waals surface area (Å²) in [6.45, 7) is 0. The lowest BCUT2D eigenvalue weighted by molar-refractivity contribution is -0.155. The molecule has 5 heteroatoms. The first-order valence-electron chi connectivity index (χ1n) is 10.0. The van der Waals surface area contributed by atoms with E-state index in [1.807, 2.05) is 36.4 Å². The van der Waals surface area contributed by atoms with Gasteiger partial charge in [-0.15, -0.1) is 0 Å². The van der Waals surface area contributed by atoms with Gasteiger partial charge in [0.2, 0.25) is 0 Å². The highest BCUT2D eigenvalue weighted by Gasteiger charge is 2.35. The number of hydrogen-bond acceptors (Lipinski definition) is 5. The van der Waals surface area contributed by atoms with Crippen molar-refractivity contribution in [2.24, 2.45) is 5.92 Å². The molecular formula is C24H28O5. The highest BCUT2D eigenvalue weighted by molar-refractivity contribution is 5.79. The standard InChI is InChI=1S/C24H28O5/c1-27-23(25)16-20(24(26)28-2)14-21-13-19(17-9-5-3-6-10-17)15-22(29-21)18-11-7-4-8-12-18/h3-12,19-22H,13-16H2,1-2H3/t19-,20?,21-,22-/m0/s1. The summed E-state index contributed by atoms with van der Waals surface area (Å²) in [4.78, 5) is 24.0. The molecule has 0 spiro atoms. The van der Waals surface area contributed by atoms with Gasteiger partial charge in [-0.25, -0.2) is 0 Å². The minimum absolute atomic E-state index is 0.00492. The largest absolute Gasteiger partial charge is 0.469 e. The second-order valence-corrected chi connectivity index (χ2v) is 7.47. The highest BCUT2D eigenvalue weighted by Crippen LogP contribution is 2.42. The van der Waals surface area contributed by atoms with Crippen molar-refractivity contribution in [2.45, 2.75) is 43.8 Å². The molecule has 1 aliphatic rings. The van der Waals surface area contributed by atoms with E-state index in [1.165, 1.54) is 19.8 Å². The summed E-state index contributed by atoms with van der Waals surface area (Å²) in [5.41, 5.74) is 2.39. The van der Waals surface area contributed by atoms with Crippen molar-refractivity contribution in [2.75, 3.05) is 14.2 Å². The Morgan fingerprint density at radius 3 is 2.14 bits per heavy atom. The molecule has 0 aromatic heterocycles. The number of carbonyl (C=O) groups excluding carboxylic acids is 2. The zero-order chi connectivity index (χ0) is 20.6. The van der Waals surface area contributed by atoms with Crippen LogP contribution in [0.5, 0.6) is 0 Å². The first-order chi connectivity index (χ1) is 14.1. The lowest BCUT2D eigenvalue weighted by atomic mass is 9.81. The summed E-state index contributed by atoms with van der Waals surface area (Å²) in [6.07, 6.45) is 1.88. The van der Waals surface area contributed by atoms with Crippen LogP contribution < -0.4 is 0 Å². The molecule has 1 unspecified atom stereocenters. The van der Waals surface area contributed by atoms with E-state index in [-0.39, 0.29) is 18.6 Å². The molecule has 0 saturated carbocycles. The maximum absolute atomic E-state index is 12.3. The molecule has 1 fully saturated rings. The van der Waals surface area contributed by atoms with Crippen LogP contribution in [0.1, 0.15) is 48.8 Å². The number of benzene rings is 2. The maximum Gasteiger partial charge on any atom is 0.309 e. The minimum atomic E-state index is -0.580. The van der Waals surface area contributed by atoms with E-state index < -0.39 is 17.9 Å². The third-order valence-corrected chi connectivity index (χ3v) is 5.57. The Hall–Kier alpha value is -2.66. The zero-order valence-corrected chi connectivity index (χ0v) is 17.0. The summed E-state index contributed by atoms with van der Waals surface area (Å²) in [5.74, 6) is -1.09. The molecule has 2 aromatic carbocycles. The van der Waals surface area contributed by atoms with E-state index in [2.05, 4.69) is 24.3 Å². The van der Waals surface area contributed by atoms with Gasteiger partial charge in [-0.2, -0.15) is 0 Å². The van der Waals surface area contributed by atoms with Gasteiger partial charge in [-0.05, 0) is 36.3 Å². The van der Waals surface area contributed by atoms with Crippen molar-refractivity contribution in [1.82, 2.24) is 0 Å². The molecule has 1 heterocycles. The molecule has 0 bridgehead atoms. The molecule has 1 saturated heterocycles.